The molecule has 1 heterocycles. The number of hydrogen-bond donors (Lipinski definition) is 0. The lowest BCUT2D eigenvalue weighted by Gasteiger charge is -2.24. The molecule has 0 unspecified atom stereocenters. The Labute approximate surface area is 191 Å². The van der Waals surface area contributed by atoms with E-state index in [4.69, 9.17) is 11.6 Å². The van der Waals surface area contributed by atoms with E-state index in [-0.39, 0.29) is 5.91 Å². The van der Waals surface area contributed by atoms with Gasteiger partial charge < -0.3 is 4.90 Å². The normalized spacial score (nSPS) is 11.0. The number of nitrogens with zero attached hydrogens (tertiary/aromatic N) is 2. The van der Waals surface area contributed by atoms with Crippen LogP contribution in [0, 0.1) is 0 Å². The predicted molar refractivity (Wildman–Crippen MR) is 131 cm³/mol. The SMILES string of the molecule is O=C(c1cccc2ccccc12)N(Cc1ccccc1)Cc1cc2ccccc2nc1Cl. The van der Waals surface area contributed by atoms with Crippen LogP contribution in [-0.4, -0.2) is 15.8 Å². The summed E-state index contributed by atoms with van der Waals surface area (Å²) in [5.74, 6) is -0.0325. The van der Waals surface area contributed by atoms with Crippen molar-refractivity contribution < 1.29 is 4.79 Å². The molecule has 4 aromatic carbocycles. The summed E-state index contributed by atoms with van der Waals surface area (Å²) in [6.45, 7) is 0.847. The highest BCUT2D eigenvalue weighted by atomic mass is 35.5. The maximum Gasteiger partial charge on any atom is 0.255 e. The number of halogens is 1. The van der Waals surface area contributed by atoms with Crippen molar-refractivity contribution in [2.45, 2.75) is 13.1 Å². The minimum absolute atomic E-state index is 0.0325. The molecule has 0 aliphatic heterocycles. The zero-order valence-electron chi connectivity index (χ0n) is 17.4. The average Bonchev–Trinajstić information content (AvgIpc) is 2.84. The fourth-order valence-electron chi connectivity index (χ4n) is 4.04. The number of amides is 1. The molecule has 0 aliphatic rings. The number of carbonyl (C=O) groups is 1. The van der Waals surface area contributed by atoms with Crippen LogP contribution in [0.1, 0.15) is 21.5 Å². The Hall–Kier alpha value is -3.69. The molecule has 5 aromatic rings. The molecule has 0 aliphatic carbocycles. The summed E-state index contributed by atoms with van der Waals surface area (Å²) in [4.78, 5) is 20.2. The van der Waals surface area contributed by atoms with E-state index in [0.717, 1.165) is 32.8 Å². The van der Waals surface area contributed by atoms with Crippen LogP contribution in [0.25, 0.3) is 21.7 Å². The van der Waals surface area contributed by atoms with Gasteiger partial charge in [0.15, 0.2) is 0 Å². The Kier molecular flexibility index (Phi) is 5.57. The van der Waals surface area contributed by atoms with E-state index >= 15 is 0 Å². The van der Waals surface area contributed by atoms with Gasteiger partial charge in [0.25, 0.3) is 5.91 Å². The highest BCUT2D eigenvalue weighted by Gasteiger charge is 2.20. The van der Waals surface area contributed by atoms with Crippen LogP contribution in [0.4, 0.5) is 0 Å². The van der Waals surface area contributed by atoms with Gasteiger partial charge in [-0.05, 0) is 34.5 Å². The van der Waals surface area contributed by atoms with Gasteiger partial charge in [0.1, 0.15) is 5.15 Å². The Bertz CT molecular complexity index is 1410. The first kappa shape index (κ1) is 20.2. The molecule has 1 amide bonds. The maximum atomic E-state index is 13.8. The molecule has 32 heavy (non-hydrogen) atoms. The molecule has 3 nitrogen and oxygen atoms in total. The second-order valence-electron chi connectivity index (χ2n) is 7.80. The lowest BCUT2D eigenvalue weighted by atomic mass is 10.0. The van der Waals surface area contributed by atoms with Crippen LogP contribution in [0.2, 0.25) is 5.15 Å². The van der Waals surface area contributed by atoms with Crippen molar-refractivity contribution in [3.8, 4) is 0 Å². The van der Waals surface area contributed by atoms with E-state index in [2.05, 4.69) is 4.98 Å². The average molecular weight is 437 g/mol. The van der Waals surface area contributed by atoms with E-state index < -0.39 is 0 Å². The zero-order chi connectivity index (χ0) is 21.9. The highest BCUT2D eigenvalue weighted by molar-refractivity contribution is 6.30. The Morgan fingerprint density at radius 2 is 1.44 bits per heavy atom. The van der Waals surface area contributed by atoms with E-state index in [9.17, 15) is 4.79 Å². The summed E-state index contributed by atoms with van der Waals surface area (Å²) in [7, 11) is 0. The smallest absolute Gasteiger partial charge is 0.255 e. The molecular weight excluding hydrogens is 416 g/mol. The monoisotopic (exact) mass is 436 g/mol. The van der Waals surface area contributed by atoms with Gasteiger partial charge in [-0.25, -0.2) is 4.98 Å². The molecule has 5 rings (SSSR count). The number of aromatic nitrogens is 1. The number of para-hydroxylation sites is 1. The molecule has 1 aromatic heterocycles. The first-order valence-electron chi connectivity index (χ1n) is 10.5. The van der Waals surface area contributed by atoms with Crippen molar-refractivity contribution >= 4 is 39.2 Å². The van der Waals surface area contributed by atoms with Crippen LogP contribution < -0.4 is 0 Å². The number of fused-ring (bicyclic) bond motifs is 2. The lowest BCUT2D eigenvalue weighted by Crippen LogP contribution is -2.30. The Morgan fingerprint density at radius 1 is 0.750 bits per heavy atom. The molecule has 156 valence electrons. The summed E-state index contributed by atoms with van der Waals surface area (Å²) < 4.78 is 0. The van der Waals surface area contributed by atoms with Crippen molar-refractivity contribution in [1.29, 1.82) is 0 Å². The van der Waals surface area contributed by atoms with Gasteiger partial charge in [-0.1, -0.05) is 96.5 Å². The quantitative estimate of drug-likeness (QED) is 0.281. The van der Waals surface area contributed by atoms with Gasteiger partial charge in [0.2, 0.25) is 0 Å². The fourth-order valence-corrected chi connectivity index (χ4v) is 4.24. The predicted octanol–water partition coefficient (Wildman–Crippen LogP) is 6.88. The third kappa shape index (κ3) is 4.08. The minimum Gasteiger partial charge on any atom is -0.330 e. The molecule has 0 bridgehead atoms. The fraction of sp³-hybridized carbons (Fsp3) is 0.0714. The first-order chi connectivity index (χ1) is 15.7. The summed E-state index contributed by atoms with van der Waals surface area (Å²) in [5.41, 5.74) is 3.42. The molecule has 0 radical (unpaired) electrons. The van der Waals surface area contributed by atoms with Crippen LogP contribution in [0.15, 0.2) is 103 Å². The summed E-state index contributed by atoms with van der Waals surface area (Å²) in [6, 6.07) is 33.7. The molecule has 0 saturated heterocycles. The van der Waals surface area contributed by atoms with Crippen molar-refractivity contribution in [3.05, 3.63) is 125 Å². The van der Waals surface area contributed by atoms with E-state index in [1.807, 2.05) is 108 Å². The topological polar surface area (TPSA) is 33.2 Å². The van der Waals surface area contributed by atoms with Crippen LogP contribution in [-0.2, 0) is 13.1 Å². The van der Waals surface area contributed by atoms with Gasteiger partial charge in [-0.15, -0.1) is 0 Å². The number of rotatable bonds is 5. The molecule has 0 fully saturated rings. The summed E-state index contributed by atoms with van der Waals surface area (Å²) >= 11 is 6.55. The third-order valence-corrected chi connectivity index (χ3v) is 5.96. The number of pyridine rings is 1. The Morgan fingerprint density at radius 3 is 2.28 bits per heavy atom. The molecule has 0 atom stereocenters. The standard InChI is InChI=1S/C28H21ClN2O/c29-27-23(17-22-12-5-7-16-26(22)30-27)19-31(18-20-9-2-1-3-10-20)28(32)25-15-8-13-21-11-4-6-14-24(21)25/h1-17H,18-19H2. The van der Waals surface area contributed by atoms with E-state index in [1.54, 1.807) is 0 Å². The van der Waals surface area contributed by atoms with Crippen LogP contribution >= 0.6 is 11.6 Å². The van der Waals surface area contributed by atoms with Crippen molar-refractivity contribution in [2.24, 2.45) is 0 Å². The second kappa shape index (κ2) is 8.81. The third-order valence-electron chi connectivity index (χ3n) is 5.63. The first-order valence-corrected chi connectivity index (χ1v) is 10.9. The van der Waals surface area contributed by atoms with Gasteiger partial charge >= 0.3 is 0 Å². The number of benzene rings is 4. The van der Waals surface area contributed by atoms with Crippen LogP contribution in [0.3, 0.4) is 0 Å². The van der Waals surface area contributed by atoms with Crippen molar-refractivity contribution in [2.75, 3.05) is 0 Å². The highest BCUT2D eigenvalue weighted by Crippen LogP contribution is 2.25. The minimum atomic E-state index is -0.0325. The van der Waals surface area contributed by atoms with E-state index in [0.29, 0.717) is 23.8 Å². The Balaban J connectivity index is 1.56. The zero-order valence-corrected chi connectivity index (χ0v) is 18.2. The van der Waals surface area contributed by atoms with Gasteiger partial charge in [-0.2, -0.15) is 0 Å². The summed E-state index contributed by atoms with van der Waals surface area (Å²) in [5, 5.41) is 3.42. The molecule has 4 heteroatoms. The largest absolute Gasteiger partial charge is 0.330 e. The lowest BCUT2D eigenvalue weighted by molar-refractivity contribution is 0.0732. The molecular formula is C28H21ClN2O. The second-order valence-corrected chi connectivity index (χ2v) is 8.16. The van der Waals surface area contributed by atoms with Crippen LogP contribution in [0.5, 0.6) is 0 Å². The number of hydrogen-bond acceptors (Lipinski definition) is 2. The maximum absolute atomic E-state index is 13.8. The van der Waals surface area contributed by atoms with Crippen molar-refractivity contribution in [1.82, 2.24) is 9.88 Å². The molecule has 0 saturated carbocycles. The van der Waals surface area contributed by atoms with Gasteiger partial charge in [0, 0.05) is 29.6 Å². The number of carbonyl (C=O) groups excluding carboxylic acids is 1. The van der Waals surface area contributed by atoms with Gasteiger partial charge in [0.05, 0.1) is 5.52 Å². The summed E-state index contributed by atoms with van der Waals surface area (Å²) in [6.07, 6.45) is 0. The van der Waals surface area contributed by atoms with Gasteiger partial charge in [-0.3, -0.25) is 4.79 Å². The molecule has 0 spiro atoms. The van der Waals surface area contributed by atoms with Crippen molar-refractivity contribution in [3.63, 3.8) is 0 Å². The van der Waals surface area contributed by atoms with E-state index in [1.165, 1.54) is 0 Å². The molecule has 0 N–H and O–H groups in total.